The van der Waals surface area contributed by atoms with Gasteiger partial charge in [0.2, 0.25) is 0 Å². The molecular formula is C25H18N6OS2. The minimum Gasteiger partial charge on any atom is -0.309 e. The molecule has 0 aliphatic heterocycles. The molecule has 9 heteroatoms. The van der Waals surface area contributed by atoms with E-state index in [1.54, 1.807) is 17.2 Å². The molecule has 2 aromatic carbocycles. The number of H-pyrrole nitrogens is 1. The van der Waals surface area contributed by atoms with Gasteiger partial charge < -0.3 is 4.98 Å². The second-order valence-corrected chi connectivity index (χ2v) is 9.90. The van der Waals surface area contributed by atoms with Gasteiger partial charge in [-0.2, -0.15) is 5.10 Å². The number of aromatic amines is 1. The average Bonchev–Trinajstić information content (AvgIpc) is 3.51. The zero-order valence-electron chi connectivity index (χ0n) is 18.0. The summed E-state index contributed by atoms with van der Waals surface area (Å²) in [6.45, 7) is 2.01. The highest BCUT2D eigenvalue weighted by molar-refractivity contribution is 7.99. The van der Waals surface area contributed by atoms with Gasteiger partial charge >= 0.3 is 0 Å². The second kappa shape index (κ2) is 8.51. The highest BCUT2D eigenvalue weighted by Gasteiger charge is 2.19. The number of hydrogen-bond donors (Lipinski definition) is 1. The number of aromatic nitrogens is 6. The van der Waals surface area contributed by atoms with Crippen molar-refractivity contribution in [3.63, 3.8) is 0 Å². The topological polar surface area (TPSA) is 89.3 Å². The number of hydrogen-bond acceptors (Lipinski definition) is 7. The van der Waals surface area contributed by atoms with Gasteiger partial charge in [0.25, 0.3) is 5.56 Å². The zero-order valence-corrected chi connectivity index (χ0v) is 19.7. The molecule has 6 rings (SSSR count). The van der Waals surface area contributed by atoms with E-state index in [2.05, 4.69) is 20.1 Å². The van der Waals surface area contributed by atoms with Gasteiger partial charge in [-0.15, -0.1) is 11.3 Å². The quantitative estimate of drug-likeness (QED) is 0.253. The van der Waals surface area contributed by atoms with Gasteiger partial charge in [-0.1, -0.05) is 60.3 Å². The first-order valence-electron chi connectivity index (χ1n) is 10.7. The van der Waals surface area contributed by atoms with Crippen molar-refractivity contribution in [2.24, 2.45) is 0 Å². The largest absolute Gasteiger partial charge is 0.309 e. The van der Waals surface area contributed by atoms with Crippen molar-refractivity contribution in [1.82, 2.24) is 29.7 Å². The molecule has 0 aliphatic rings. The van der Waals surface area contributed by atoms with E-state index in [0.717, 1.165) is 37.7 Å². The van der Waals surface area contributed by atoms with Crippen molar-refractivity contribution in [1.29, 1.82) is 0 Å². The van der Waals surface area contributed by atoms with E-state index >= 15 is 0 Å². The molecule has 1 N–H and O–H groups in total. The third-order valence-corrected chi connectivity index (χ3v) is 7.55. The van der Waals surface area contributed by atoms with Crippen LogP contribution in [0.1, 0.15) is 18.0 Å². The van der Waals surface area contributed by atoms with Crippen molar-refractivity contribution in [2.75, 3.05) is 0 Å². The Morgan fingerprint density at radius 1 is 1.03 bits per heavy atom. The minimum absolute atomic E-state index is 0.127. The molecule has 1 atom stereocenters. The number of thiophene rings is 1. The van der Waals surface area contributed by atoms with Gasteiger partial charge in [-0.05, 0) is 24.6 Å². The highest BCUT2D eigenvalue weighted by Crippen LogP contribution is 2.37. The normalized spacial score (nSPS) is 12.4. The van der Waals surface area contributed by atoms with E-state index in [4.69, 9.17) is 4.98 Å². The smallest absolute Gasteiger partial charge is 0.260 e. The van der Waals surface area contributed by atoms with Gasteiger partial charge in [0.1, 0.15) is 22.0 Å². The van der Waals surface area contributed by atoms with Crippen LogP contribution in [-0.4, -0.2) is 29.7 Å². The number of rotatable bonds is 5. The van der Waals surface area contributed by atoms with Gasteiger partial charge in [-0.3, -0.25) is 4.79 Å². The second-order valence-electron chi connectivity index (χ2n) is 7.71. The average molecular weight is 483 g/mol. The number of benzene rings is 2. The molecule has 0 unspecified atom stereocenters. The SMILES string of the molecule is C[C@@H](Sc1ncnc2c1cnn2-c1ccccc1)c1nc2scc(-c3ccccc3)c2c(=O)[nH]1. The maximum Gasteiger partial charge on any atom is 0.260 e. The van der Waals surface area contributed by atoms with Gasteiger partial charge in [0.15, 0.2) is 5.65 Å². The molecule has 0 bridgehead atoms. The Morgan fingerprint density at radius 3 is 2.59 bits per heavy atom. The van der Waals surface area contributed by atoms with E-state index in [1.807, 2.05) is 73.0 Å². The molecule has 166 valence electrons. The first-order chi connectivity index (χ1) is 16.7. The van der Waals surface area contributed by atoms with Crippen molar-refractivity contribution in [2.45, 2.75) is 17.2 Å². The number of nitrogens with zero attached hydrogens (tertiary/aromatic N) is 5. The van der Waals surface area contributed by atoms with Gasteiger partial charge in [0, 0.05) is 10.9 Å². The maximum absolute atomic E-state index is 13.0. The van der Waals surface area contributed by atoms with Gasteiger partial charge in [0.05, 0.1) is 27.9 Å². The van der Waals surface area contributed by atoms with Crippen LogP contribution >= 0.6 is 23.1 Å². The Morgan fingerprint density at radius 2 is 1.79 bits per heavy atom. The lowest BCUT2D eigenvalue weighted by Gasteiger charge is -2.11. The van der Waals surface area contributed by atoms with Crippen LogP contribution < -0.4 is 5.56 Å². The third-order valence-electron chi connectivity index (χ3n) is 5.55. The summed E-state index contributed by atoms with van der Waals surface area (Å²) in [4.78, 5) is 30.5. The van der Waals surface area contributed by atoms with Crippen LogP contribution in [0.4, 0.5) is 0 Å². The monoisotopic (exact) mass is 482 g/mol. The van der Waals surface area contributed by atoms with Crippen LogP contribution in [0.25, 0.3) is 38.1 Å². The first-order valence-corrected chi connectivity index (χ1v) is 12.4. The Hall–Kier alpha value is -3.82. The van der Waals surface area contributed by atoms with Crippen molar-refractivity contribution in [3.05, 3.63) is 94.7 Å². The molecule has 4 heterocycles. The van der Waals surface area contributed by atoms with Crippen LogP contribution in [0.15, 0.2) is 88.4 Å². The number of para-hydroxylation sites is 1. The lowest BCUT2D eigenvalue weighted by Crippen LogP contribution is -2.12. The predicted molar refractivity (Wildman–Crippen MR) is 137 cm³/mol. The third kappa shape index (κ3) is 3.59. The first kappa shape index (κ1) is 20.8. The molecule has 0 saturated heterocycles. The standard InChI is InChI=1S/C25H18N6OS2/c1-15(21-29-23(32)20-19(13-33-25(20)30-21)16-8-4-2-5-9-16)34-24-18-12-28-31(22(18)26-14-27-24)17-10-6-3-7-11-17/h2-15H,1H3,(H,29,30,32)/t15-/m1/s1. The van der Waals surface area contributed by atoms with E-state index in [9.17, 15) is 4.79 Å². The van der Waals surface area contributed by atoms with E-state index < -0.39 is 0 Å². The zero-order chi connectivity index (χ0) is 23.1. The molecule has 0 fully saturated rings. The fourth-order valence-corrected chi connectivity index (χ4v) is 5.78. The molecule has 0 spiro atoms. The maximum atomic E-state index is 13.0. The summed E-state index contributed by atoms with van der Waals surface area (Å²) in [6, 6.07) is 19.8. The summed E-state index contributed by atoms with van der Waals surface area (Å²) in [7, 11) is 0. The molecule has 7 nitrogen and oxygen atoms in total. The summed E-state index contributed by atoms with van der Waals surface area (Å²) in [6.07, 6.45) is 3.32. The van der Waals surface area contributed by atoms with Crippen LogP contribution in [0.5, 0.6) is 0 Å². The lowest BCUT2D eigenvalue weighted by molar-refractivity contribution is 0.893. The summed E-state index contributed by atoms with van der Waals surface area (Å²) in [5.74, 6) is 0.617. The summed E-state index contributed by atoms with van der Waals surface area (Å²) >= 11 is 3.01. The van der Waals surface area contributed by atoms with Gasteiger partial charge in [-0.25, -0.2) is 19.6 Å². The molecule has 0 amide bonds. The van der Waals surface area contributed by atoms with E-state index in [1.165, 1.54) is 23.1 Å². The Labute approximate surface area is 202 Å². The van der Waals surface area contributed by atoms with Crippen molar-refractivity contribution >= 4 is 44.3 Å². The molecule has 0 aliphatic carbocycles. The van der Waals surface area contributed by atoms with E-state index in [-0.39, 0.29) is 10.8 Å². The molecular weight excluding hydrogens is 464 g/mol. The number of fused-ring (bicyclic) bond motifs is 2. The fourth-order valence-electron chi connectivity index (χ4n) is 3.89. The van der Waals surface area contributed by atoms with Crippen molar-refractivity contribution < 1.29 is 0 Å². The summed E-state index contributed by atoms with van der Waals surface area (Å²) in [5.41, 5.74) is 3.46. The lowest BCUT2D eigenvalue weighted by atomic mass is 10.1. The molecule has 0 radical (unpaired) electrons. The highest BCUT2D eigenvalue weighted by atomic mass is 32.2. The molecule has 6 aromatic rings. The number of thioether (sulfide) groups is 1. The molecule has 4 aromatic heterocycles. The predicted octanol–water partition coefficient (Wildman–Crippen LogP) is 5.63. The van der Waals surface area contributed by atoms with Crippen molar-refractivity contribution in [3.8, 4) is 16.8 Å². The Kier molecular flexibility index (Phi) is 5.20. The van der Waals surface area contributed by atoms with E-state index in [0.29, 0.717) is 11.2 Å². The van der Waals surface area contributed by atoms with Crippen LogP contribution in [0.3, 0.4) is 0 Å². The molecule has 0 saturated carbocycles. The fraction of sp³-hybridized carbons (Fsp3) is 0.0800. The minimum atomic E-state index is -0.128. The van der Waals surface area contributed by atoms with Crippen LogP contribution in [0.2, 0.25) is 0 Å². The Bertz CT molecular complexity index is 1670. The molecule has 34 heavy (non-hydrogen) atoms. The summed E-state index contributed by atoms with van der Waals surface area (Å²) < 4.78 is 1.80. The van der Waals surface area contributed by atoms with Crippen LogP contribution in [-0.2, 0) is 0 Å². The number of nitrogens with one attached hydrogen (secondary N) is 1. The summed E-state index contributed by atoms with van der Waals surface area (Å²) in [5, 5.41) is 8.67. The Balaban J connectivity index is 1.35. The van der Waals surface area contributed by atoms with Crippen LogP contribution in [0, 0.1) is 0 Å².